The number of fused-ring (bicyclic) bond motifs is 1. The maximum Gasteiger partial charge on any atom is 0.308 e. The molecule has 0 aliphatic carbocycles. The van der Waals surface area contributed by atoms with Crippen LogP contribution in [0.1, 0.15) is 6.92 Å². The van der Waals surface area contributed by atoms with E-state index in [2.05, 4.69) is 0 Å². The first-order valence-electron chi connectivity index (χ1n) is 6.99. The number of rotatable bonds is 3. The lowest BCUT2D eigenvalue weighted by Gasteiger charge is -2.11. The van der Waals surface area contributed by atoms with Crippen LogP contribution in [0.5, 0.6) is 11.5 Å². The van der Waals surface area contributed by atoms with Crippen LogP contribution in [0, 0.1) is 0 Å². The molecule has 2 aromatic carbocycles. The largest absolute Gasteiger partial charge is 0.496 e. The van der Waals surface area contributed by atoms with Crippen molar-refractivity contribution in [2.24, 2.45) is 0 Å². The van der Waals surface area contributed by atoms with Crippen molar-refractivity contribution in [2.75, 3.05) is 7.11 Å². The second-order valence-electron chi connectivity index (χ2n) is 4.88. The molecule has 116 valence electrons. The third-order valence-corrected chi connectivity index (χ3v) is 3.34. The molecule has 1 aromatic heterocycles. The van der Waals surface area contributed by atoms with E-state index >= 15 is 0 Å². The van der Waals surface area contributed by atoms with E-state index in [1.807, 2.05) is 18.2 Å². The number of ether oxygens (including phenoxy) is 2. The van der Waals surface area contributed by atoms with E-state index in [1.165, 1.54) is 14.0 Å². The van der Waals surface area contributed by atoms with Gasteiger partial charge in [0, 0.05) is 12.5 Å². The van der Waals surface area contributed by atoms with Crippen molar-refractivity contribution in [1.82, 2.24) is 0 Å². The molecule has 23 heavy (non-hydrogen) atoms. The highest BCUT2D eigenvalue weighted by Crippen LogP contribution is 2.33. The van der Waals surface area contributed by atoms with Crippen molar-refractivity contribution >= 4 is 16.9 Å². The van der Waals surface area contributed by atoms with Gasteiger partial charge in [-0.25, -0.2) is 0 Å². The van der Waals surface area contributed by atoms with Gasteiger partial charge < -0.3 is 13.9 Å². The maximum atomic E-state index is 12.8. The first-order chi connectivity index (χ1) is 11.1. The first kappa shape index (κ1) is 14.8. The number of hydrogen-bond acceptors (Lipinski definition) is 5. The van der Waals surface area contributed by atoms with Gasteiger partial charge in [0.2, 0.25) is 11.2 Å². The van der Waals surface area contributed by atoms with Crippen LogP contribution >= 0.6 is 0 Å². The Morgan fingerprint density at radius 2 is 1.78 bits per heavy atom. The molecule has 0 N–H and O–H groups in total. The van der Waals surface area contributed by atoms with Gasteiger partial charge in [-0.2, -0.15) is 0 Å². The summed E-state index contributed by atoms with van der Waals surface area (Å²) in [6.45, 7) is 1.24. The molecule has 0 saturated carbocycles. The highest BCUT2D eigenvalue weighted by atomic mass is 16.5. The molecule has 3 aromatic rings. The average molecular weight is 310 g/mol. The summed E-state index contributed by atoms with van der Waals surface area (Å²) in [6.07, 6.45) is 0. The summed E-state index contributed by atoms with van der Waals surface area (Å²) in [5.74, 6) is -0.153. The Morgan fingerprint density at radius 1 is 1.04 bits per heavy atom. The summed E-state index contributed by atoms with van der Waals surface area (Å²) in [5, 5.41) is 0.242. The number of hydrogen-bond donors (Lipinski definition) is 0. The van der Waals surface area contributed by atoms with Crippen LogP contribution in [0.2, 0.25) is 0 Å². The van der Waals surface area contributed by atoms with E-state index in [0.717, 1.165) is 0 Å². The van der Waals surface area contributed by atoms with Crippen LogP contribution in [0.25, 0.3) is 22.3 Å². The van der Waals surface area contributed by atoms with Crippen molar-refractivity contribution in [2.45, 2.75) is 6.92 Å². The lowest BCUT2D eigenvalue weighted by Crippen LogP contribution is -2.14. The normalized spacial score (nSPS) is 10.5. The van der Waals surface area contributed by atoms with Crippen molar-refractivity contribution in [3.8, 4) is 22.8 Å². The smallest absolute Gasteiger partial charge is 0.308 e. The standard InChI is InChI=1S/C18H14O5/c1-11(19)22-18-16(20)15-13(21-2)9-6-10-14(15)23-17(18)12-7-4-3-5-8-12/h3-10H,1-2H3. The second kappa shape index (κ2) is 5.96. The van der Waals surface area contributed by atoms with Crippen LogP contribution in [0.15, 0.2) is 57.7 Å². The summed E-state index contributed by atoms with van der Waals surface area (Å²) in [4.78, 5) is 24.2. The fourth-order valence-electron chi connectivity index (χ4n) is 2.38. The summed E-state index contributed by atoms with van der Waals surface area (Å²) >= 11 is 0. The zero-order valence-electron chi connectivity index (χ0n) is 12.7. The van der Waals surface area contributed by atoms with Crippen LogP contribution in [-0.4, -0.2) is 13.1 Å². The zero-order chi connectivity index (χ0) is 16.4. The summed E-state index contributed by atoms with van der Waals surface area (Å²) in [6, 6.07) is 14.1. The molecule has 0 fully saturated rings. The summed E-state index contributed by atoms with van der Waals surface area (Å²) in [7, 11) is 1.46. The van der Waals surface area contributed by atoms with Gasteiger partial charge in [0.1, 0.15) is 16.7 Å². The van der Waals surface area contributed by atoms with Crippen LogP contribution in [0.4, 0.5) is 0 Å². The Bertz CT molecular complexity index is 925. The van der Waals surface area contributed by atoms with E-state index in [0.29, 0.717) is 16.9 Å². The number of carbonyl (C=O) groups excluding carboxylic acids is 1. The minimum atomic E-state index is -0.594. The number of benzene rings is 2. The van der Waals surface area contributed by atoms with Gasteiger partial charge in [0.15, 0.2) is 5.76 Å². The molecular formula is C18H14O5. The molecule has 1 heterocycles. The van der Waals surface area contributed by atoms with Gasteiger partial charge in [-0.15, -0.1) is 0 Å². The molecule has 0 spiro atoms. The molecule has 5 nitrogen and oxygen atoms in total. The Hall–Kier alpha value is -3.08. The Labute approximate surface area is 132 Å². The minimum absolute atomic E-state index is 0.138. The fourth-order valence-corrected chi connectivity index (χ4v) is 2.38. The number of carbonyl (C=O) groups is 1. The Balaban J connectivity index is 2.39. The van der Waals surface area contributed by atoms with Crippen LogP contribution < -0.4 is 14.9 Å². The van der Waals surface area contributed by atoms with Gasteiger partial charge in [0.05, 0.1) is 7.11 Å². The molecule has 0 amide bonds. The average Bonchev–Trinajstić information content (AvgIpc) is 2.57. The number of methoxy groups -OCH3 is 1. The SMILES string of the molecule is COc1cccc2oc(-c3ccccc3)c(OC(C)=O)c(=O)c12. The van der Waals surface area contributed by atoms with E-state index in [9.17, 15) is 9.59 Å². The molecule has 0 aliphatic heterocycles. The molecule has 0 radical (unpaired) electrons. The molecule has 0 saturated heterocycles. The quantitative estimate of drug-likeness (QED) is 0.694. The molecule has 0 bridgehead atoms. The minimum Gasteiger partial charge on any atom is -0.496 e. The van der Waals surface area contributed by atoms with Gasteiger partial charge in [-0.05, 0) is 12.1 Å². The fraction of sp³-hybridized carbons (Fsp3) is 0.111. The lowest BCUT2D eigenvalue weighted by atomic mass is 10.1. The van der Waals surface area contributed by atoms with Crippen molar-refractivity contribution in [1.29, 1.82) is 0 Å². The zero-order valence-corrected chi connectivity index (χ0v) is 12.7. The molecule has 5 heteroatoms. The van der Waals surface area contributed by atoms with E-state index < -0.39 is 11.4 Å². The lowest BCUT2D eigenvalue weighted by molar-refractivity contribution is -0.131. The first-order valence-corrected chi connectivity index (χ1v) is 6.99. The third-order valence-electron chi connectivity index (χ3n) is 3.34. The molecule has 0 atom stereocenters. The van der Waals surface area contributed by atoms with Crippen molar-refractivity contribution in [3.05, 3.63) is 58.8 Å². The second-order valence-corrected chi connectivity index (χ2v) is 4.88. The van der Waals surface area contributed by atoms with E-state index in [4.69, 9.17) is 13.9 Å². The summed E-state index contributed by atoms with van der Waals surface area (Å²) < 4.78 is 16.2. The molecule has 0 aliphatic rings. The van der Waals surface area contributed by atoms with Gasteiger partial charge in [-0.1, -0.05) is 36.4 Å². The van der Waals surface area contributed by atoms with Crippen molar-refractivity contribution < 1.29 is 18.7 Å². The third kappa shape index (κ3) is 2.68. The van der Waals surface area contributed by atoms with Crippen molar-refractivity contribution in [3.63, 3.8) is 0 Å². The predicted octanol–water partition coefficient (Wildman–Crippen LogP) is 3.39. The van der Waals surface area contributed by atoms with E-state index in [1.54, 1.807) is 30.3 Å². The van der Waals surface area contributed by atoms with Gasteiger partial charge >= 0.3 is 5.97 Å². The molecule has 3 rings (SSSR count). The Kier molecular flexibility index (Phi) is 3.85. The van der Waals surface area contributed by atoms with E-state index in [-0.39, 0.29) is 16.9 Å². The highest BCUT2D eigenvalue weighted by Gasteiger charge is 2.21. The van der Waals surface area contributed by atoms with Gasteiger partial charge in [-0.3, -0.25) is 9.59 Å². The Morgan fingerprint density at radius 3 is 2.43 bits per heavy atom. The van der Waals surface area contributed by atoms with Crippen LogP contribution in [-0.2, 0) is 4.79 Å². The van der Waals surface area contributed by atoms with Crippen LogP contribution in [0.3, 0.4) is 0 Å². The highest BCUT2D eigenvalue weighted by molar-refractivity contribution is 5.88. The maximum absolute atomic E-state index is 12.8. The summed E-state index contributed by atoms with van der Waals surface area (Å²) in [5.41, 5.74) is 0.562. The van der Waals surface area contributed by atoms with Gasteiger partial charge in [0.25, 0.3) is 0 Å². The molecule has 0 unspecified atom stereocenters. The molecular weight excluding hydrogens is 296 g/mol. The number of esters is 1. The monoisotopic (exact) mass is 310 g/mol. The predicted molar refractivity (Wildman–Crippen MR) is 85.8 cm³/mol. The topological polar surface area (TPSA) is 65.7 Å².